The van der Waals surface area contributed by atoms with Crippen molar-refractivity contribution in [2.45, 2.75) is 57.5 Å². The highest BCUT2D eigenvalue weighted by atomic mass is 16.5. The molecule has 362 valence electrons. The maximum absolute atomic E-state index is 12.9. The van der Waals surface area contributed by atoms with E-state index in [-0.39, 0.29) is 25.3 Å². The fraction of sp³-hybridized carbons (Fsp3) is 0.472. The zero-order valence-electron chi connectivity index (χ0n) is 41.1. The predicted molar refractivity (Wildman–Crippen MR) is 255 cm³/mol. The molecule has 2 heterocycles. The number of benzene rings is 4. The van der Waals surface area contributed by atoms with Gasteiger partial charge in [0.1, 0.15) is 12.1 Å². The van der Waals surface area contributed by atoms with Crippen molar-refractivity contribution in [3.05, 3.63) is 106 Å². The van der Waals surface area contributed by atoms with E-state index in [4.69, 9.17) is 47.4 Å². The van der Waals surface area contributed by atoms with Crippen molar-refractivity contribution >= 4 is 11.9 Å². The van der Waals surface area contributed by atoms with Gasteiger partial charge in [-0.2, -0.15) is 0 Å². The third-order valence-corrected chi connectivity index (χ3v) is 13.9. The summed E-state index contributed by atoms with van der Waals surface area (Å²) >= 11 is 0. The molecule has 4 aromatic carbocycles. The van der Waals surface area contributed by atoms with Gasteiger partial charge in [0.15, 0.2) is 46.0 Å². The maximum Gasteiger partial charge on any atom is 0.331 e. The lowest BCUT2D eigenvalue weighted by molar-refractivity contribution is -0.957. The van der Waals surface area contributed by atoms with Crippen molar-refractivity contribution in [1.82, 2.24) is 0 Å². The second-order valence-electron chi connectivity index (χ2n) is 17.4. The van der Waals surface area contributed by atoms with Crippen LogP contribution >= 0.6 is 0 Å². The minimum absolute atomic E-state index is 0.0723. The fourth-order valence-electron chi connectivity index (χ4n) is 10.1. The molecule has 0 aliphatic carbocycles. The van der Waals surface area contributed by atoms with E-state index in [9.17, 15) is 9.59 Å². The molecule has 6 rings (SSSR count). The van der Waals surface area contributed by atoms with Gasteiger partial charge in [0.25, 0.3) is 0 Å². The summed E-state index contributed by atoms with van der Waals surface area (Å²) in [4.78, 5) is 25.7. The summed E-state index contributed by atoms with van der Waals surface area (Å²) < 4.78 is 57.9. The highest BCUT2D eigenvalue weighted by molar-refractivity contribution is 5.91. The molecule has 2 aliphatic heterocycles. The molecule has 0 spiro atoms. The Morgan fingerprint density at radius 2 is 0.925 bits per heavy atom. The summed E-state index contributed by atoms with van der Waals surface area (Å²) in [6.07, 6.45) is 6.78. The molecule has 2 aliphatic rings. The lowest BCUT2D eigenvalue weighted by Crippen LogP contribution is -2.55. The maximum atomic E-state index is 12.9. The van der Waals surface area contributed by atoms with E-state index in [0.717, 1.165) is 90.7 Å². The Labute approximate surface area is 396 Å². The molecular formula is C53H70N2O12+2. The van der Waals surface area contributed by atoms with Crippen molar-refractivity contribution < 1.29 is 65.9 Å². The van der Waals surface area contributed by atoms with E-state index in [0.29, 0.717) is 58.8 Å². The second kappa shape index (κ2) is 23.1. The summed E-state index contributed by atoms with van der Waals surface area (Å²) in [6.45, 7) is 6.83. The molecule has 14 heteroatoms. The van der Waals surface area contributed by atoms with Crippen molar-refractivity contribution in [1.29, 1.82) is 0 Å². The van der Waals surface area contributed by atoms with Crippen molar-refractivity contribution in [3.8, 4) is 46.0 Å². The largest absolute Gasteiger partial charge is 0.493 e. The number of methoxy groups -OCH3 is 8. The van der Waals surface area contributed by atoms with Gasteiger partial charge in [-0.3, -0.25) is 0 Å². The topological polar surface area (TPSA) is 126 Å². The number of likely N-dealkylation sites (N-methyl/N-ethyl adjacent to an activating group) is 2. The molecule has 0 bridgehead atoms. The monoisotopic (exact) mass is 926 g/mol. The minimum Gasteiger partial charge on any atom is -0.493 e. The van der Waals surface area contributed by atoms with Gasteiger partial charge in [-0.15, -0.1) is 0 Å². The summed E-state index contributed by atoms with van der Waals surface area (Å²) in [5.41, 5.74) is 7.11. The Hall–Kier alpha value is -6.12. The first-order valence-corrected chi connectivity index (χ1v) is 23.0. The molecule has 4 unspecified atom stereocenters. The van der Waals surface area contributed by atoms with E-state index in [1.165, 1.54) is 22.3 Å². The normalized spacial score (nSPS) is 19.7. The predicted octanol–water partition coefficient (Wildman–Crippen LogP) is 7.84. The Kier molecular flexibility index (Phi) is 17.3. The van der Waals surface area contributed by atoms with Gasteiger partial charge in [-0.25, -0.2) is 9.59 Å². The number of fused-ring (bicyclic) bond motifs is 2. The third-order valence-electron chi connectivity index (χ3n) is 13.9. The smallest absolute Gasteiger partial charge is 0.331 e. The molecule has 4 atom stereocenters. The van der Waals surface area contributed by atoms with Gasteiger partial charge < -0.3 is 56.3 Å². The SMILES string of the molecule is CC[N+]1(CCCOC(=O)C=CC(=O)OCCC[N+]2(C)CCc3cc(OC)c(OC)cc3C2Cc2ccc(OC)c(OC)c2)CCc2cc(OC)c(OC)cc2C1Cc1ccc(OC)c(OC)c1. The number of hydrogen-bond acceptors (Lipinski definition) is 12. The van der Waals surface area contributed by atoms with E-state index in [1.54, 1.807) is 56.9 Å². The average molecular weight is 927 g/mol. The highest BCUT2D eigenvalue weighted by Crippen LogP contribution is 2.45. The van der Waals surface area contributed by atoms with Crippen molar-refractivity contribution in [3.63, 3.8) is 0 Å². The van der Waals surface area contributed by atoms with Crippen LogP contribution in [0.2, 0.25) is 0 Å². The number of hydrogen-bond donors (Lipinski definition) is 0. The van der Waals surface area contributed by atoms with Crippen molar-refractivity contribution in [2.24, 2.45) is 0 Å². The molecule has 0 N–H and O–H groups in total. The molecule has 0 saturated heterocycles. The van der Waals surface area contributed by atoms with Gasteiger partial charge in [-0.1, -0.05) is 12.1 Å². The summed E-state index contributed by atoms with van der Waals surface area (Å²) in [5, 5.41) is 0. The average Bonchev–Trinajstić information content (AvgIpc) is 3.36. The Morgan fingerprint density at radius 1 is 0.522 bits per heavy atom. The zero-order valence-corrected chi connectivity index (χ0v) is 41.1. The second-order valence-corrected chi connectivity index (χ2v) is 17.4. The van der Waals surface area contributed by atoms with Crippen LogP contribution < -0.4 is 37.9 Å². The molecule has 0 fully saturated rings. The molecule has 67 heavy (non-hydrogen) atoms. The molecular weight excluding hydrogens is 857 g/mol. The van der Waals surface area contributed by atoms with Crippen LogP contribution in [-0.2, 0) is 44.7 Å². The van der Waals surface area contributed by atoms with Gasteiger partial charge >= 0.3 is 11.9 Å². The van der Waals surface area contributed by atoms with Crippen LogP contribution in [0, 0.1) is 0 Å². The summed E-state index contributed by atoms with van der Waals surface area (Å²) in [7, 11) is 15.4. The number of ether oxygens (including phenoxy) is 10. The Morgan fingerprint density at radius 3 is 1.39 bits per heavy atom. The van der Waals surface area contributed by atoms with Crippen LogP contribution in [0.4, 0.5) is 0 Å². The van der Waals surface area contributed by atoms with Gasteiger partial charge in [0.2, 0.25) is 0 Å². The lowest BCUT2D eigenvalue weighted by atomic mass is 9.85. The van der Waals surface area contributed by atoms with Crippen LogP contribution in [0.1, 0.15) is 65.2 Å². The molecule has 0 amide bonds. The fourth-order valence-corrected chi connectivity index (χ4v) is 10.1. The van der Waals surface area contributed by atoms with Crippen LogP contribution in [0.5, 0.6) is 46.0 Å². The number of quaternary nitrogens is 2. The molecule has 14 nitrogen and oxygen atoms in total. The van der Waals surface area contributed by atoms with E-state index in [1.807, 2.05) is 24.3 Å². The first kappa shape index (κ1) is 50.3. The first-order chi connectivity index (χ1) is 32.4. The summed E-state index contributed by atoms with van der Waals surface area (Å²) in [6, 6.07) is 20.7. The number of esters is 2. The molecule has 0 radical (unpaired) electrons. The van der Waals surface area contributed by atoms with Crippen LogP contribution in [-0.4, -0.2) is 131 Å². The number of carbonyl (C=O) groups is 2. The molecule has 4 aromatic rings. The number of rotatable bonds is 23. The minimum atomic E-state index is -0.588. The van der Waals surface area contributed by atoms with Gasteiger partial charge in [0, 0.05) is 61.8 Å². The summed E-state index contributed by atoms with van der Waals surface area (Å²) in [5.74, 6) is 4.34. The van der Waals surface area contributed by atoms with E-state index in [2.05, 4.69) is 50.4 Å². The third kappa shape index (κ3) is 11.5. The zero-order chi connectivity index (χ0) is 48.1. The Balaban J connectivity index is 1.05. The highest BCUT2D eigenvalue weighted by Gasteiger charge is 2.43. The quantitative estimate of drug-likeness (QED) is 0.0312. The van der Waals surface area contributed by atoms with Gasteiger partial charge in [-0.05, 0) is 77.7 Å². The number of nitrogens with zero attached hydrogens (tertiary/aromatic N) is 2. The van der Waals surface area contributed by atoms with E-state index >= 15 is 0 Å². The van der Waals surface area contributed by atoms with Crippen LogP contribution in [0.15, 0.2) is 72.8 Å². The lowest BCUT2D eigenvalue weighted by Gasteiger charge is -2.48. The van der Waals surface area contributed by atoms with Crippen LogP contribution in [0.3, 0.4) is 0 Å². The van der Waals surface area contributed by atoms with Crippen LogP contribution in [0.25, 0.3) is 0 Å². The van der Waals surface area contributed by atoms with E-state index < -0.39 is 11.9 Å². The molecule has 0 aromatic heterocycles. The first-order valence-electron chi connectivity index (χ1n) is 23.0. The Bertz CT molecular complexity index is 2370. The number of carbonyl (C=O) groups excluding carboxylic acids is 2. The standard InChI is InChI=1S/C53H70N2O12/c1-11-55(25-21-39-33-49(63-8)51(65-10)35-41(39)43(55)29-37-15-17-45(59-4)47(31-37)61-6)23-13-27-67-53(57)19-18-52(56)66-26-12-22-54(2)24-20-38-32-48(62-7)50(64-9)34-40(38)42(54)28-36-14-16-44(58-3)46(30-36)60-5/h14-19,30-35,42-43H,11-13,20-29H2,1-10H3/q+2. The molecule has 0 saturated carbocycles. The van der Waals surface area contributed by atoms with Crippen molar-refractivity contribution in [2.75, 3.05) is 110 Å². The van der Waals surface area contributed by atoms with Gasteiger partial charge in [0.05, 0.1) is 110 Å².